The Morgan fingerprint density at radius 2 is 1.83 bits per heavy atom. The fourth-order valence-electron chi connectivity index (χ4n) is 2.88. The van der Waals surface area contributed by atoms with Crippen LogP contribution in [0.15, 0.2) is 64.7 Å². The average molecular weight is 413 g/mol. The summed E-state index contributed by atoms with van der Waals surface area (Å²) in [6.45, 7) is 4.24. The first-order valence-electron chi connectivity index (χ1n) is 9.20. The molecule has 1 heterocycles. The van der Waals surface area contributed by atoms with E-state index < -0.39 is 10.0 Å². The molecule has 3 aromatic rings. The Balaban J connectivity index is 1.71. The Morgan fingerprint density at radius 3 is 2.45 bits per heavy atom. The highest BCUT2D eigenvalue weighted by Crippen LogP contribution is 2.22. The molecule has 0 aliphatic carbocycles. The van der Waals surface area contributed by atoms with E-state index in [-0.39, 0.29) is 4.90 Å². The van der Waals surface area contributed by atoms with Crippen LogP contribution in [0.1, 0.15) is 25.0 Å². The molecule has 0 saturated heterocycles. The van der Waals surface area contributed by atoms with Crippen LogP contribution < -0.4 is 9.57 Å². The van der Waals surface area contributed by atoms with Crippen molar-refractivity contribution in [3.8, 4) is 17.0 Å². The van der Waals surface area contributed by atoms with Gasteiger partial charge in [0.15, 0.2) is 0 Å². The summed E-state index contributed by atoms with van der Waals surface area (Å²) in [4.78, 5) is 2.42. The van der Waals surface area contributed by atoms with Crippen LogP contribution >= 0.6 is 0 Å². The molecule has 2 aromatic carbocycles. The number of H-pyrrole nitrogens is 1. The summed E-state index contributed by atoms with van der Waals surface area (Å²) in [5.74, 6) is 1.26. The molecule has 0 atom stereocenters. The maximum absolute atomic E-state index is 12.5. The van der Waals surface area contributed by atoms with Gasteiger partial charge in [-0.05, 0) is 54.3 Å². The molecule has 1 aromatic heterocycles. The Morgan fingerprint density at radius 1 is 1.14 bits per heavy atom. The maximum Gasteiger partial charge on any atom is 0.276 e. The van der Waals surface area contributed by atoms with Crippen LogP contribution in [0.2, 0.25) is 0 Å². The molecule has 0 aliphatic heterocycles. The Kier molecular flexibility index (Phi) is 6.33. The number of nitrogens with zero attached hydrogens (tertiary/aromatic N) is 2. The number of sulfonamides is 1. The van der Waals surface area contributed by atoms with Crippen LogP contribution in [0.3, 0.4) is 0 Å². The standard InChI is InChI=1S/C21H24N4O3S/c1-15(2)12-16-4-10-20(11-5-16)29(26,27)25-23-14-18-13-22-24-21(18)17-6-8-19(28-3)9-7-17/h4-11,13-15,25H,12H2,1-3H3,(H,22,24). The molecule has 8 heteroatoms. The molecule has 0 radical (unpaired) electrons. The van der Waals surface area contributed by atoms with Crippen LogP contribution in [0, 0.1) is 5.92 Å². The Hall–Kier alpha value is -3.13. The molecule has 0 unspecified atom stereocenters. The minimum atomic E-state index is -3.74. The number of hydrogen-bond acceptors (Lipinski definition) is 5. The molecular formula is C21H24N4O3S. The molecule has 29 heavy (non-hydrogen) atoms. The van der Waals surface area contributed by atoms with Crippen LogP contribution in [-0.2, 0) is 16.4 Å². The maximum atomic E-state index is 12.5. The lowest BCUT2D eigenvalue weighted by Crippen LogP contribution is -2.18. The number of nitrogens with one attached hydrogen (secondary N) is 2. The van der Waals surface area contributed by atoms with E-state index in [4.69, 9.17) is 4.74 Å². The summed E-state index contributed by atoms with van der Waals surface area (Å²) < 4.78 is 30.1. The molecular weight excluding hydrogens is 388 g/mol. The summed E-state index contributed by atoms with van der Waals surface area (Å²) in [7, 11) is -2.14. The van der Waals surface area contributed by atoms with Crippen molar-refractivity contribution in [2.45, 2.75) is 25.2 Å². The lowest BCUT2D eigenvalue weighted by Gasteiger charge is -2.07. The lowest BCUT2D eigenvalue weighted by atomic mass is 10.0. The van der Waals surface area contributed by atoms with E-state index in [0.717, 1.165) is 29.0 Å². The number of methoxy groups -OCH3 is 1. The van der Waals surface area contributed by atoms with Gasteiger partial charge in [0.05, 0.1) is 30.1 Å². The number of aromatic nitrogens is 2. The predicted octanol–water partition coefficient (Wildman–Crippen LogP) is 3.60. The van der Waals surface area contributed by atoms with E-state index >= 15 is 0 Å². The van der Waals surface area contributed by atoms with Crippen molar-refractivity contribution >= 4 is 16.2 Å². The molecule has 0 spiro atoms. The summed E-state index contributed by atoms with van der Waals surface area (Å²) in [5.41, 5.74) is 3.37. The first-order chi connectivity index (χ1) is 13.9. The van der Waals surface area contributed by atoms with Crippen molar-refractivity contribution in [3.05, 3.63) is 65.9 Å². The zero-order valence-corrected chi connectivity index (χ0v) is 17.4. The van der Waals surface area contributed by atoms with Gasteiger partial charge in [-0.25, -0.2) is 4.83 Å². The summed E-state index contributed by atoms with van der Waals surface area (Å²) in [5, 5.41) is 10.8. The molecule has 0 aliphatic rings. The van der Waals surface area contributed by atoms with Crippen molar-refractivity contribution in [3.63, 3.8) is 0 Å². The topological polar surface area (TPSA) is 96.4 Å². The van der Waals surface area contributed by atoms with Crippen molar-refractivity contribution in [2.75, 3.05) is 7.11 Å². The van der Waals surface area contributed by atoms with Gasteiger partial charge in [-0.1, -0.05) is 26.0 Å². The molecule has 0 amide bonds. The van der Waals surface area contributed by atoms with Gasteiger partial charge in [0.2, 0.25) is 0 Å². The summed E-state index contributed by atoms with van der Waals surface area (Å²) in [6.07, 6.45) is 3.91. The van der Waals surface area contributed by atoms with Gasteiger partial charge in [0.1, 0.15) is 5.75 Å². The molecule has 152 valence electrons. The van der Waals surface area contributed by atoms with Gasteiger partial charge in [-0.15, -0.1) is 0 Å². The Bertz CT molecular complexity index is 1070. The van der Waals surface area contributed by atoms with Crippen LogP contribution in [0.25, 0.3) is 11.3 Å². The van der Waals surface area contributed by atoms with Crippen molar-refractivity contribution < 1.29 is 13.2 Å². The minimum Gasteiger partial charge on any atom is -0.497 e. The van der Waals surface area contributed by atoms with E-state index in [2.05, 4.69) is 34.0 Å². The van der Waals surface area contributed by atoms with E-state index in [1.54, 1.807) is 25.4 Å². The number of rotatable bonds is 8. The smallest absolute Gasteiger partial charge is 0.276 e. The van der Waals surface area contributed by atoms with Gasteiger partial charge in [0.25, 0.3) is 10.0 Å². The van der Waals surface area contributed by atoms with Crippen LogP contribution in [-0.4, -0.2) is 31.9 Å². The highest BCUT2D eigenvalue weighted by Gasteiger charge is 2.13. The highest BCUT2D eigenvalue weighted by molar-refractivity contribution is 7.89. The third kappa shape index (κ3) is 5.23. The first kappa shape index (κ1) is 20.6. The lowest BCUT2D eigenvalue weighted by molar-refractivity contribution is 0.415. The van der Waals surface area contributed by atoms with Crippen molar-refractivity contribution in [1.29, 1.82) is 0 Å². The molecule has 0 bridgehead atoms. The number of benzene rings is 2. The number of hydrazone groups is 1. The van der Waals surface area contributed by atoms with E-state index in [1.165, 1.54) is 6.21 Å². The van der Waals surface area contributed by atoms with Gasteiger partial charge in [-0.3, -0.25) is 5.10 Å². The normalized spacial score (nSPS) is 11.9. The Labute approximate surface area is 170 Å². The largest absolute Gasteiger partial charge is 0.497 e. The second-order valence-electron chi connectivity index (χ2n) is 7.02. The fraction of sp³-hybridized carbons (Fsp3) is 0.238. The third-order valence-electron chi connectivity index (χ3n) is 4.30. The van der Waals surface area contributed by atoms with Crippen molar-refractivity contribution in [2.24, 2.45) is 11.0 Å². The summed E-state index contributed by atoms with van der Waals surface area (Å²) in [6, 6.07) is 14.3. The second kappa shape index (κ2) is 8.91. The van der Waals surface area contributed by atoms with Gasteiger partial charge in [-0.2, -0.15) is 18.6 Å². The van der Waals surface area contributed by atoms with E-state index in [9.17, 15) is 8.42 Å². The fourth-order valence-corrected chi connectivity index (χ4v) is 3.67. The number of hydrogen-bond donors (Lipinski definition) is 2. The van der Waals surface area contributed by atoms with Crippen LogP contribution in [0.5, 0.6) is 5.75 Å². The van der Waals surface area contributed by atoms with E-state index in [0.29, 0.717) is 11.5 Å². The molecule has 0 saturated carbocycles. The first-order valence-corrected chi connectivity index (χ1v) is 10.7. The molecule has 7 nitrogen and oxygen atoms in total. The quantitative estimate of drug-likeness (QED) is 0.436. The van der Waals surface area contributed by atoms with Gasteiger partial charge < -0.3 is 4.74 Å². The minimum absolute atomic E-state index is 0.171. The number of ether oxygens (including phenoxy) is 1. The monoisotopic (exact) mass is 412 g/mol. The highest BCUT2D eigenvalue weighted by atomic mass is 32.2. The molecule has 3 rings (SSSR count). The molecule has 0 fully saturated rings. The predicted molar refractivity (Wildman–Crippen MR) is 113 cm³/mol. The number of aromatic amines is 1. The SMILES string of the molecule is COc1ccc(-c2[nH]ncc2C=NNS(=O)(=O)c2ccc(CC(C)C)cc2)cc1. The van der Waals surface area contributed by atoms with Gasteiger partial charge >= 0.3 is 0 Å². The van der Waals surface area contributed by atoms with Crippen molar-refractivity contribution in [1.82, 2.24) is 15.0 Å². The van der Waals surface area contributed by atoms with Gasteiger partial charge in [0, 0.05) is 11.1 Å². The zero-order valence-electron chi connectivity index (χ0n) is 16.6. The average Bonchev–Trinajstić information content (AvgIpc) is 3.16. The van der Waals surface area contributed by atoms with E-state index in [1.807, 2.05) is 36.4 Å². The zero-order chi connectivity index (χ0) is 20.9. The second-order valence-corrected chi connectivity index (χ2v) is 8.68. The third-order valence-corrected chi connectivity index (χ3v) is 5.54. The summed E-state index contributed by atoms with van der Waals surface area (Å²) >= 11 is 0. The van der Waals surface area contributed by atoms with Crippen LogP contribution in [0.4, 0.5) is 0 Å². The molecule has 2 N–H and O–H groups in total.